The lowest BCUT2D eigenvalue weighted by atomic mass is 9.99. The maximum atomic E-state index is 12.9. The number of hydrogen-bond donors (Lipinski definition) is 1. The van der Waals surface area contributed by atoms with Gasteiger partial charge in [0.25, 0.3) is 5.91 Å². The van der Waals surface area contributed by atoms with Gasteiger partial charge in [0, 0.05) is 43.3 Å². The Morgan fingerprint density at radius 2 is 2.16 bits per heavy atom. The summed E-state index contributed by atoms with van der Waals surface area (Å²) in [6.07, 6.45) is 5.25. The fraction of sp³-hybridized carbons (Fsp3) is 0.368. The van der Waals surface area contributed by atoms with Crippen molar-refractivity contribution in [2.45, 2.75) is 18.9 Å². The molecule has 6 heteroatoms. The first-order valence-corrected chi connectivity index (χ1v) is 8.47. The standard InChI is InChI=1S/C19H22N4O2/c1-12-5-4-6-13-15(10-25-18(12)13)19(24)21-16-9-22(2)8-14(16)17-7-20-11-23(17)3/h4-7,10-11,14,16H,8-9H2,1-3H3,(H,21,24)/t14-,16-/m1/s1. The molecule has 1 saturated heterocycles. The molecule has 3 heterocycles. The maximum absolute atomic E-state index is 12.9. The van der Waals surface area contributed by atoms with Crippen LogP contribution < -0.4 is 5.32 Å². The molecule has 0 unspecified atom stereocenters. The lowest BCUT2D eigenvalue weighted by Gasteiger charge is -2.20. The highest BCUT2D eigenvalue weighted by molar-refractivity contribution is 6.06. The van der Waals surface area contributed by atoms with E-state index in [1.165, 1.54) is 0 Å². The van der Waals surface area contributed by atoms with Gasteiger partial charge in [-0.15, -0.1) is 0 Å². The Labute approximate surface area is 146 Å². The number of aromatic nitrogens is 2. The summed E-state index contributed by atoms with van der Waals surface area (Å²) >= 11 is 0. The number of nitrogens with zero attached hydrogens (tertiary/aromatic N) is 3. The third kappa shape index (κ3) is 2.72. The van der Waals surface area contributed by atoms with E-state index in [-0.39, 0.29) is 17.9 Å². The molecule has 0 radical (unpaired) electrons. The fourth-order valence-corrected chi connectivity index (χ4v) is 3.80. The molecule has 6 nitrogen and oxygen atoms in total. The van der Waals surface area contributed by atoms with Gasteiger partial charge in [-0.25, -0.2) is 4.98 Å². The van der Waals surface area contributed by atoms with Crippen LogP contribution in [0.4, 0.5) is 0 Å². The monoisotopic (exact) mass is 338 g/mol. The van der Waals surface area contributed by atoms with Crippen molar-refractivity contribution in [2.24, 2.45) is 7.05 Å². The molecule has 0 bridgehead atoms. The molecule has 0 spiro atoms. The summed E-state index contributed by atoms with van der Waals surface area (Å²) in [4.78, 5) is 19.3. The van der Waals surface area contributed by atoms with Crippen LogP contribution in [0.1, 0.15) is 27.5 Å². The summed E-state index contributed by atoms with van der Waals surface area (Å²) in [5, 5.41) is 4.07. The van der Waals surface area contributed by atoms with Crippen LogP contribution in [0.15, 0.2) is 41.4 Å². The van der Waals surface area contributed by atoms with E-state index >= 15 is 0 Å². The van der Waals surface area contributed by atoms with Gasteiger partial charge in [-0.05, 0) is 19.5 Å². The van der Waals surface area contributed by atoms with Gasteiger partial charge >= 0.3 is 0 Å². The summed E-state index contributed by atoms with van der Waals surface area (Å²) in [6.45, 7) is 3.70. The second-order valence-corrected chi connectivity index (χ2v) is 6.94. The number of furan rings is 1. The minimum Gasteiger partial charge on any atom is -0.463 e. The van der Waals surface area contributed by atoms with E-state index in [1.54, 1.807) is 12.6 Å². The van der Waals surface area contributed by atoms with E-state index in [0.717, 1.165) is 35.3 Å². The fourth-order valence-electron chi connectivity index (χ4n) is 3.80. The average molecular weight is 338 g/mol. The number of fused-ring (bicyclic) bond motifs is 1. The van der Waals surface area contributed by atoms with Crippen molar-refractivity contribution < 1.29 is 9.21 Å². The van der Waals surface area contributed by atoms with Gasteiger partial charge in [-0.3, -0.25) is 4.79 Å². The number of amides is 1. The summed E-state index contributed by atoms with van der Waals surface area (Å²) in [5.41, 5.74) is 3.55. The van der Waals surface area contributed by atoms with Gasteiger partial charge in [-0.2, -0.15) is 0 Å². The highest BCUT2D eigenvalue weighted by Crippen LogP contribution is 2.28. The summed E-state index contributed by atoms with van der Waals surface area (Å²) < 4.78 is 7.65. The smallest absolute Gasteiger partial charge is 0.255 e. The average Bonchev–Trinajstić information content (AvgIpc) is 3.26. The summed E-state index contributed by atoms with van der Waals surface area (Å²) in [7, 11) is 4.07. The van der Waals surface area contributed by atoms with Crippen LogP contribution in [0.2, 0.25) is 0 Å². The molecule has 1 aliphatic rings. The molecule has 0 saturated carbocycles. The number of para-hydroxylation sites is 1. The largest absolute Gasteiger partial charge is 0.463 e. The van der Waals surface area contributed by atoms with E-state index in [1.807, 2.05) is 42.9 Å². The molecule has 1 fully saturated rings. The number of imidazole rings is 1. The Bertz CT molecular complexity index is 927. The number of carbonyl (C=O) groups excluding carboxylic acids is 1. The van der Waals surface area contributed by atoms with E-state index < -0.39 is 0 Å². The summed E-state index contributed by atoms with van der Waals surface area (Å²) in [6, 6.07) is 5.91. The third-order valence-corrected chi connectivity index (χ3v) is 5.09. The highest BCUT2D eigenvalue weighted by atomic mass is 16.3. The minimum absolute atomic E-state index is 0.0441. The zero-order chi connectivity index (χ0) is 17.6. The lowest BCUT2D eigenvalue weighted by molar-refractivity contribution is 0.0936. The van der Waals surface area contributed by atoms with Gasteiger partial charge < -0.3 is 19.2 Å². The molecule has 1 N–H and O–H groups in total. The predicted molar refractivity (Wildman–Crippen MR) is 95.7 cm³/mol. The van der Waals surface area contributed by atoms with E-state index in [9.17, 15) is 4.79 Å². The molecule has 1 aliphatic heterocycles. The second-order valence-electron chi connectivity index (χ2n) is 6.94. The predicted octanol–water partition coefficient (Wildman–Crippen LogP) is 2.30. The molecular formula is C19H22N4O2. The quantitative estimate of drug-likeness (QED) is 0.796. The van der Waals surface area contributed by atoms with Gasteiger partial charge in [0.1, 0.15) is 11.8 Å². The Hall–Kier alpha value is -2.60. The summed E-state index contributed by atoms with van der Waals surface area (Å²) in [5.74, 6) is 0.137. The zero-order valence-corrected chi connectivity index (χ0v) is 14.7. The van der Waals surface area contributed by atoms with Crippen LogP contribution in [-0.4, -0.2) is 46.5 Å². The van der Waals surface area contributed by atoms with Crippen molar-refractivity contribution in [3.8, 4) is 0 Å². The lowest BCUT2D eigenvalue weighted by Crippen LogP contribution is -2.39. The molecule has 130 valence electrons. The van der Waals surface area contributed by atoms with Gasteiger partial charge in [0.05, 0.1) is 17.9 Å². The van der Waals surface area contributed by atoms with Crippen LogP contribution in [0.5, 0.6) is 0 Å². The van der Waals surface area contributed by atoms with Gasteiger partial charge in [-0.1, -0.05) is 18.2 Å². The molecule has 3 aromatic rings. The number of hydrogen-bond acceptors (Lipinski definition) is 4. The van der Waals surface area contributed by atoms with Crippen LogP contribution in [0.3, 0.4) is 0 Å². The van der Waals surface area contributed by atoms with E-state index in [4.69, 9.17) is 4.42 Å². The van der Waals surface area contributed by atoms with E-state index in [0.29, 0.717) is 5.56 Å². The third-order valence-electron chi connectivity index (χ3n) is 5.09. The number of rotatable bonds is 3. The molecule has 4 rings (SSSR count). The van der Waals surface area contributed by atoms with Crippen molar-refractivity contribution in [3.63, 3.8) is 0 Å². The first-order chi connectivity index (χ1) is 12.0. The SMILES string of the molecule is Cc1cccc2c(C(=O)N[C@@H]3CN(C)C[C@H]3c3cncn3C)coc12. The van der Waals surface area contributed by atoms with Crippen molar-refractivity contribution in [3.05, 3.63) is 53.8 Å². The first kappa shape index (κ1) is 15.9. The Balaban J connectivity index is 1.61. The molecule has 0 aliphatic carbocycles. The second kappa shape index (κ2) is 6.04. The Morgan fingerprint density at radius 3 is 2.92 bits per heavy atom. The van der Waals surface area contributed by atoms with Crippen molar-refractivity contribution in [2.75, 3.05) is 20.1 Å². The minimum atomic E-state index is -0.0863. The van der Waals surface area contributed by atoms with Crippen LogP contribution >= 0.6 is 0 Å². The first-order valence-electron chi connectivity index (χ1n) is 8.47. The number of benzene rings is 1. The van der Waals surface area contributed by atoms with E-state index in [2.05, 4.69) is 22.2 Å². The molecular weight excluding hydrogens is 316 g/mol. The van der Waals surface area contributed by atoms with Gasteiger partial charge in [0.2, 0.25) is 0 Å². The number of likely N-dealkylation sites (N-methyl/N-ethyl adjacent to an activating group) is 1. The molecule has 2 atom stereocenters. The van der Waals surface area contributed by atoms with Crippen LogP contribution in [0, 0.1) is 6.92 Å². The number of likely N-dealkylation sites (tertiary alicyclic amines) is 1. The number of nitrogens with one attached hydrogen (secondary N) is 1. The van der Waals surface area contributed by atoms with Crippen LogP contribution in [0.25, 0.3) is 11.0 Å². The molecule has 1 amide bonds. The Kier molecular flexibility index (Phi) is 3.84. The number of carbonyl (C=O) groups is 1. The normalized spacial score (nSPS) is 21.1. The van der Waals surface area contributed by atoms with Crippen molar-refractivity contribution >= 4 is 16.9 Å². The molecule has 25 heavy (non-hydrogen) atoms. The maximum Gasteiger partial charge on any atom is 0.255 e. The van der Waals surface area contributed by atoms with Crippen molar-refractivity contribution in [1.29, 1.82) is 0 Å². The van der Waals surface area contributed by atoms with Crippen LogP contribution in [-0.2, 0) is 7.05 Å². The molecule has 2 aromatic heterocycles. The highest BCUT2D eigenvalue weighted by Gasteiger charge is 2.35. The topological polar surface area (TPSA) is 63.3 Å². The molecule has 1 aromatic carbocycles. The Morgan fingerprint density at radius 1 is 1.32 bits per heavy atom. The zero-order valence-electron chi connectivity index (χ0n) is 14.7. The number of aryl methyl sites for hydroxylation is 2. The van der Waals surface area contributed by atoms with Crippen molar-refractivity contribution in [1.82, 2.24) is 19.8 Å². The van der Waals surface area contributed by atoms with Gasteiger partial charge in [0.15, 0.2) is 0 Å².